The van der Waals surface area contributed by atoms with E-state index in [4.69, 9.17) is 0 Å². The zero-order valence-corrected chi connectivity index (χ0v) is 11.1. The molecule has 0 bridgehead atoms. The van der Waals surface area contributed by atoms with Crippen LogP contribution in [0.5, 0.6) is 0 Å². The molecule has 0 heterocycles. The van der Waals surface area contributed by atoms with Crippen molar-refractivity contribution < 1.29 is 18.0 Å². The Bertz CT molecular complexity index is 669. The van der Waals surface area contributed by atoms with Gasteiger partial charge < -0.3 is 5.21 Å². The van der Waals surface area contributed by atoms with Crippen LogP contribution in [0, 0.1) is 12.1 Å². The van der Waals surface area contributed by atoms with Gasteiger partial charge in [0.25, 0.3) is 0 Å². The number of hydrogen-bond acceptors (Lipinski definition) is 2. The van der Waals surface area contributed by atoms with Gasteiger partial charge in [-0.2, -0.15) is 13.2 Å². The summed E-state index contributed by atoms with van der Waals surface area (Å²) >= 11 is 0. The maximum atomic E-state index is 12.8. The van der Waals surface area contributed by atoms with Crippen LogP contribution in [0.25, 0.3) is 0 Å². The molecule has 0 spiro atoms. The highest BCUT2D eigenvalue weighted by molar-refractivity contribution is 5.51. The van der Waals surface area contributed by atoms with Gasteiger partial charge in [-0.3, -0.25) is 0 Å². The van der Waals surface area contributed by atoms with Crippen molar-refractivity contribution in [3.63, 3.8) is 0 Å². The molecular formula is C14H12F3N3O. The largest absolute Gasteiger partial charge is 0.691 e. The number of para-hydroxylation sites is 1. The number of nitrogens with zero attached hydrogens (tertiary/aromatic N) is 2. The molecule has 0 amide bonds. The molecule has 2 aromatic rings. The molecule has 0 atom stereocenters. The summed E-state index contributed by atoms with van der Waals surface area (Å²) in [6.45, 7) is 1.80. The van der Waals surface area contributed by atoms with Crippen molar-refractivity contribution in [1.29, 1.82) is 0 Å². The molecule has 0 fully saturated rings. The molecule has 2 aromatic carbocycles. The van der Waals surface area contributed by atoms with Crippen molar-refractivity contribution >= 4 is 11.4 Å². The highest BCUT2D eigenvalue weighted by atomic mass is 19.4. The van der Waals surface area contributed by atoms with Gasteiger partial charge in [0.1, 0.15) is 5.56 Å². The summed E-state index contributed by atoms with van der Waals surface area (Å²) in [5.74, 6) is 0. The Balaban J connectivity index is 2.25. The van der Waals surface area contributed by atoms with Crippen molar-refractivity contribution in [2.75, 3.05) is 5.43 Å². The summed E-state index contributed by atoms with van der Waals surface area (Å²) in [5, 5.41) is 15.1. The van der Waals surface area contributed by atoms with E-state index in [9.17, 15) is 18.4 Å². The Morgan fingerprint density at radius 3 is 2.48 bits per heavy atom. The quantitative estimate of drug-likeness (QED) is 0.509. The molecule has 2 rings (SSSR count). The number of rotatable bonds is 3. The van der Waals surface area contributed by atoms with Crippen molar-refractivity contribution in [3.8, 4) is 0 Å². The molecule has 0 radical (unpaired) electrons. The predicted molar refractivity (Wildman–Crippen MR) is 72.0 cm³/mol. The van der Waals surface area contributed by atoms with Crippen LogP contribution < -0.4 is 5.43 Å². The zero-order valence-electron chi connectivity index (χ0n) is 11.1. The molecule has 0 aliphatic heterocycles. The highest BCUT2D eigenvalue weighted by Gasteiger charge is 2.34. The molecule has 0 saturated carbocycles. The first-order valence-electron chi connectivity index (χ1n) is 6.05. The van der Waals surface area contributed by atoms with E-state index < -0.39 is 11.7 Å². The maximum Gasteiger partial charge on any atom is 0.420 e. The molecule has 0 saturated heterocycles. The molecule has 4 nitrogen and oxygen atoms in total. The number of aryl methyl sites for hydroxylation is 1. The van der Waals surface area contributed by atoms with Gasteiger partial charge in [0.2, 0.25) is 0 Å². The topological polar surface area (TPSA) is 50.5 Å². The Hall–Kier alpha value is -2.57. The number of alkyl halides is 3. The molecule has 1 N–H and O–H groups in total. The van der Waals surface area contributed by atoms with E-state index >= 15 is 0 Å². The van der Waals surface area contributed by atoms with Gasteiger partial charge in [0.15, 0.2) is 11.4 Å². The Kier molecular flexibility index (Phi) is 4.11. The van der Waals surface area contributed by atoms with Crippen molar-refractivity contribution in [1.82, 2.24) is 0 Å². The average Bonchev–Trinajstić information content (AvgIpc) is 2.44. The number of nitrogens with one attached hydrogen (secondary N) is 1. The fourth-order valence-corrected chi connectivity index (χ4v) is 1.73. The van der Waals surface area contributed by atoms with Crippen molar-refractivity contribution in [3.05, 3.63) is 64.9 Å². The van der Waals surface area contributed by atoms with Crippen LogP contribution >= 0.6 is 0 Å². The van der Waals surface area contributed by atoms with Crippen LogP contribution in [0.15, 0.2) is 53.8 Å². The Morgan fingerprint density at radius 1 is 1.10 bits per heavy atom. The van der Waals surface area contributed by atoms with Gasteiger partial charge in [0, 0.05) is 0 Å². The third kappa shape index (κ3) is 3.71. The summed E-state index contributed by atoms with van der Waals surface area (Å²) in [7, 11) is 0. The number of benzene rings is 2. The van der Waals surface area contributed by atoms with Crippen LogP contribution in [-0.4, -0.2) is 4.86 Å². The van der Waals surface area contributed by atoms with Gasteiger partial charge in [0.05, 0.1) is 5.22 Å². The SMILES string of the molecule is Cc1cccc(/[N+]([O-])=N/Nc2ccccc2C(F)(F)F)c1. The Morgan fingerprint density at radius 2 is 1.81 bits per heavy atom. The second-order valence-electron chi connectivity index (χ2n) is 4.37. The van der Waals surface area contributed by atoms with E-state index in [1.54, 1.807) is 25.1 Å². The van der Waals surface area contributed by atoms with Crippen LogP contribution in [0.1, 0.15) is 11.1 Å². The molecule has 0 aliphatic carbocycles. The monoisotopic (exact) mass is 295 g/mol. The minimum absolute atomic E-state index is 0.229. The lowest BCUT2D eigenvalue weighted by molar-refractivity contribution is -0.439. The summed E-state index contributed by atoms with van der Waals surface area (Å²) in [6, 6.07) is 11.4. The van der Waals surface area contributed by atoms with Crippen LogP contribution in [-0.2, 0) is 6.18 Å². The molecule has 21 heavy (non-hydrogen) atoms. The summed E-state index contributed by atoms with van der Waals surface area (Å²) in [6.07, 6.45) is -4.52. The second-order valence-corrected chi connectivity index (χ2v) is 4.37. The lowest BCUT2D eigenvalue weighted by Gasteiger charge is -2.09. The van der Waals surface area contributed by atoms with Gasteiger partial charge in [-0.15, -0.1) is 10.3 Å². The minimum Gasteiger partial charge on any atom is -0.691 e. The third-order valence-corrected chi connectivity index (χ3v) is 2.72. The molecule has 110 valence electrons. The van der Waals surface area contributed by atoms with Gasteiger partial charge in [-0.1, -0.05) is 24.3 Å². The second kappa shape index (κ2) is 5.82. The lowest BCUT2D eigenvalue weighted by atomic mass is 10.2. The smallest absolute Gasteiger partial charge is 0.420 e. The molecule has 0 unspecified atom stereocenters. The number of anilines is 1. The first kappa shape index (κ1) is 14.8. The first-order valence-corrected chi connectivity index (χ1v) is 6.05. The molecule has 0 aliphatic rings. The van der Waals surface area contributed by atoms with E-state index in [2.05, 4.69) is 10.6 Å². The lowest BCUT2D eigenvalue weighted by Crippen LogP contribution is -2.09. The maximum absolute atomic E-state index is 12.8. The highest BCUT2D eigenvalue weighted by Crippen LogP contribution is 2.34. The molecular weight excluding hydrogens is 283 g/mol. The molecule has 0 aromatic heterocycles. The number of halogens is 3. The van der Waals surface area contributed by atoms with Crippen LogP contribution in [0.4, 0.5) is 24.5 Å². The van der Waals surface area contributed by atoms with Crippen LogP contribution in [0.2, 0.25) is 0 Å². The van der Waals surface area contributed by atoms with Crippen LogP contribution in [0.3, 0.4) is 0 Å². The van der Waals surface area contributed by atoms with Gasteiger partial charge >= 0.3 is 6.18 Å². The fraction of sp³-hybridized carbons (Fsp3) is 0.143. The van der Waals surface area contributed by atoms with Crippen molar-refractivity contribution in [2.24, 2.45) is 5.22 Å². The van der Waals surface area contributed by atoms with E-state index in [1.807, 2.05) is 0 Å². The average molecular weight is 295 g/mol. The third-order valence-electron chi connectivity index (χ3n) is 2.72. The zero-order chi connectivity index (χ0) is 15.5. The van der Waals surface area contributed by atoms with E-state index in [1.165, 1.54) is 24.3 Å². The standard InChI is InChI=1S/C14H12F3N3O/c1-10-5-4-6-11(9-10)20(21)19-18-13-8-3-2-7-12(13)14(15,16)17/h2-9,18H,1H3/b20-19-. The first-order chi connectivity index (χ1) is 9.88. The fourth-order valence-electron chi connectivity index (χ4n) is 1.73. The minimum atomic E-state index is -4.52. The van der Waals surface area contributed by atoms with Gasteiger partial charge in [-0.05, 0) is 36.8 Å². The summed E-state index contributed by atoms with van der Waals surface area (Å²) < 4.78 is 38.3. The Labute approximate surface area is 119 Å². The number of hydrogen-bond donors (Lipinski definition) is 1. The van der Waals surface area contributed by atoms with Gasteiger partial charge in [-0.25, -0.2) is 0 Å². The van der Waals surface area contributed by atoms with E-state index in [0.29, 0.717) is 0 Å². The van der Waals surface area contributed by atoms with Crippen molar-refractivity contribution in [2.45, 2.75) is 13.1 Å². The predicted octanol–water partition coefficient (Wildman–Crippen LogP) is 4.63. The summed E-state index contributed by atoms with van der Waals surface area (Å²) in [4.78, 5) is 0.236. The normalized spacial score (nSPS) is 12.3. The van der Waals surface area contributed by atoms with E-state index in [0.717, 1.165) is 11.6 Å². The molecule has 7 heteroatoms. The summed E-state index contributed by atoms with van der Waals surface area (Å²) in [5.41, 5.74) is 2.07. The van der Waals surface area contributed by atoms with E-state index in [-0.39, 0.29) is 16.2 Å².